The van der Waals surface area contributed by atoms with E-state index in [1.807, 2.05) is 7.11 Å². The smallest absolute Gasteiger partial charge is 0.0600 e. The maximum atomic E-state index is 5.99. The summed E-state index contributed by atoms with van der Waals surface area (Å²) in [4.78, 5) is 0. The normalized spacial score (nSPS) is 30.2. The molecule has 0 aromatic heterocycles. The van der Waals surface area contributed by atoms with Crippen LogP contribution in [-0.2, 0) is 9.47 Å². The molecule has 0 heterocycles. The molecule has 0 aromatic rings. The van der Waals surface area contributed by atoms with Crippen LogP contribution in [0.2, 0.25) is 0 Å². The summed E-state index contributed by atoms with van der Waals surface area (Å²) in [6.45, 7) is 1.87. The van der Waals surface area contributed by atoms with Gasteiger partial charge in [0.25, 0.3) is 0 Å². The van der Waals surface area contributed by atoms with Crippen molar-refractivity contribution < 1.29 is 9.47 Å². The summed E-state index contributed by atoms with van der Waals surface area (Å²) in [5.41, 5.74) is 0. The molecular weight excluding hydrogens is 238 g/mol. The topological polar surface area (TPSA) is 30.5 Å². The van der Waals surface area contributed by atoms with Gasteiger partial charge in [-0.1, -0.05) is 25.7 Å². The highest BCUT2D eigenvalue weighted by molar-refractivity contribution is 4.74. The molecule has 0 aliphatic heterocycles. The Balaban J connectivity index is 1.53. The lowest BCUT2D eigenvalue weighted by molar-refractivity contribution is -0.0286. The van der Waals surface area contributed by atoms with Crippen molar-refractivity contribution in [2.45, 2.75) is 82.5 Å². The molecule has 2 aliphatic rings. The molecule has 2 rings (SSSR count). The van der Waals surface area contributed by atoms with Crippen molar-refractivity contribution in [1.29, 1.82) is 0 Å². The molecule has 3 nitrogen and oxygen atoms in total. The van der Waals surface area contributed by atoms with E-state index in [1.165, 1.54) is 57.8 Å². The summed E-state index contributed by atoms with van der Waals surface area (Å²) < 4.78 is 11.4. The fraction of sp³-hybridized carbons (Fsp3) is 1.00. The lowest BCUT2D eigenvalue weighted by Crippen LogP contribution is -2.34. The van der Waals surface area contributed by atoms with Gasteiger partial charge in [0.15, 0.2) is 0 Å². The fourth-order valence-corrected chi connectivity index (χ4v) is 3.44. The van der Waals surface area contributed by atoms with Crippen molar-refractivity contribution in [3.05, 3.63) is 0 Å². The molecule has 0 radical (unpaired) electrons. The van der Waals surface area contributed by atoms with E-state index < -0.39 is 0 Å². The minimum absolute atomic E-state index is 0.425. The van der Waals surface area contributed by atoms with Gasteiger partial charge in [-0.15, -0.1) is 0 Å². The van der Waals surface area contributed by atoms with Gasteiger partial charge < -0.3 is 14.8 Å². The summed E-state index contributed by atoms with van der Waals surface area (Å²) in [7, 11) is 1.82. The summed E-state index contributed by atoms with van der Waals surface area (Å²) >= 11 is 0. The quantitative estimate of drug-likeness (QED) is 0.593. The van der Waals surface area contributed by atoms with Gasteiger partial charge in [-0.05, 0) is 38.5 Å². The third-order valence-electron chi connectivity index (χ3n) is 4.66. The number of nitrogens with one attached hydrogen (secondary N) is 1. The summed E-state index contributed by atoms with van der Waals surface area (Å²) in [6, 6.07) is 0.740. The van der Waals surface area contributed by atoms with Crippen molar-refractivity contribution in [3.63, 3.8) is 0 Å². The largest absolute Gasteiger partial charge is 0.381 e. The highest BCUT2D eigenvalue weighted by Gasteiger charge is 2.22. The van der Waals surface area contributed by atoms with Crippen LogP contribution in [0.3, 0.4) is 0 Å². The van der Waals surface area contributed by atoms with E-state index in [0.29, 0.717) is 12.2 Å². The summed E-state index contributed by atoms with van der Waals surface area (Å²) in [5.74, 6) is 0. The van der Waals surface area contributed by atoms with Gasteiger partial charge in [0.2, 0.25) is 0 Å². The molecule has 0 bridgehead atoms. The van der Waals surface area contributed by atoms with Crippen LogP contribution in [0.1, 0.15) is 64.2 Å². The Morgan fingerprint density at radius 1 is 0.895 bits per heavy atom. The predicted molar refractivity (Wildman–Crippen MR) is 78.5 cm³/mol. The van der Waals surface area contributed by atoms with E-state index in [0.717, 1.165) is 25.6 Å². The Hall–Kier alpha value is -0.120. The third kappa shape index (κ3) is 5.80. The van der Waals surface area contributed by atoms with Crippen LogP contribution in [0.5, 0.6) is 0 Å². The van der Waals surface area contributed by atoms with Crippen LogP contribution in [0.15, 0.2) is 0 Å². The van der Waals surface area contributed by atoms with Crippen molar-refractivity contribution >= 4 is 0 Å². The molecule has 2 fully saturated rings. The first kappa shape index (κ1) is 15.3. The second-order valence-electron chi connectivity index (χ2n) is 6.16. The SMILES string of the molecule is COC1CCCC(OCCNC2CCCCCC2)C1. The monoisotopic (exact) mass is 269 g/mol. The predicted octanol–water partition coefficient (Wildman–Crippen LogP) is 3.27. The number of ether oxygens (including phenoxy) is 2. The second kappa shape index (κ2) is 8.93. The van der Waals surface area contributed by atoms with Crippen molar-refractivity contribution in [2.75, 3.05) is 20.3 Å². The summed E-state index contributed by atoms with van der Waals surface area (Å²) in [5, 5.41) is 3.67. The minimum Gasteiger partial charge on any atom is -0.381 e. The highest BCUT2D eigenvalue weighted by Crippen LogP contribution is 2.23. The first-order chi connectivity index (χ1) is 9.38. The number of rotatable bonds is 6. The zero-order valence-electron chi connectivity index (χ0n) is 12.5. The number of hydrogen-bond acceptors (Lipinski definition) is 3. The van der Waals surface area contributed by atoms with E-state index in [-0.39, 0.29) is 0 Å². The molecule has 2 atom stereocenters. The fourth-order valence-electron chi connectivity index (χ4n) is 3.44. The molecule has 1 N–H and O–H groups in total. The zero-order chi connectivity index (χ0) is 13.3. The van der Waals surface area contributed by atoms with Crippen LogP contribution in [0.25, 0.3) is 0 Å². The average molecular weight is 269 g/mol. The van der Waals surface area contributed by atoms with E-state index >= 15 is 0 Å². The van der Waals surface area contributed by atoms with E-state index in [9.17, 15) is 0 Å². The molecule has 112 valence electrons. The standard InChI is InChI=1S/C16H31NO2/c1-18-15-9-6-10-16(13-15)19-12-11-17-14-7-4-2-3-5-8-14/h14-17H,2-13H2,1H3. The van der Waals surface area contributed by atoms with Crippen molar-refractivity contribution in [2.24, 2.45) is 0 Å². The Bertz CT molecular complexity index is 227. The first-order valence-electron chi connectivity index (χ1n) is 8.26. The van der Waals surface area contributed by atoms with E-state index in [4.69, 9.17) is 9.47 Å². The van der Waals surface area contributed by atoms with Gasteiger partial charge in [0.1, 0.15) is 0 Å². The highest BCUT2D eigenvalue weighted by atomic mass is 16.5. The van der Waals surface area contributed by atoms with Gasteiger partial charge in [-0.2, -0.15) is 0 Å². The lowest BCUT2D eigenvalue weighted by Gasteiger charge is -2.28. The third-order valence-corrected chi connectivity index (χ3v) is 4.66. The maximum absolute atomic E-state index is 5.99. The molecule has 3 heteroatoms. The summed E-state index contributed by atoms with van der Waals surface area (Å²) in [6.07, 6.45) is 14.0. The molecule has 2 aliphatic carbocycles. The Labute approximate surface area is 118 Å². The van der Waals surface area contributed by atoms with Crippen LogP contribution in [0.4, 0.5) is 0 Å². The van der Waals surface area contributed by atoms with Gasteiger partial charge in [0, 0.05) is 19.7 Å². The average Bonchev–Trinajstić information content (AvgIpc) is 2.72. The zero-order valence-corrected chi connectivity index (χ0v) is 12.5. The molecule has 0 aromatic carbocycles. The Morgan fingerprint density at radius 3 is 2.37 bits per heavy atom. The molecule has 19 heavy (non-hydrogen) atoms. The number of hydrogen-bond donors (Lipinski definition) is 1. The van der Waals surface area contributed by atoms with E-state index in [2.05, 4.69) is 5.32 Å². The molecule has 2 unspecified atom stereocenters. The minimum atomic E-state index is 0.425. The Kier molecular flexibility index (Phi) is 7.18. The van der Waals surface area contributed by atoms with Crippen LogP contribution in [-0.4, -0.2) is 38.5 Å². The maximum Gasteiger partial charge on any atom is 0.0600 e. The molecule has 0 spiro atoms. The van der Waals surface area contributed by atoms with E-state index in [1.54, 1.807) is 0 Å². The van der Waals surface area contributed by atoms with Crippen LogP contribution in [0, 0.1) is 0 Å². The Morgan fingerprint density at radius 2 is 1.63 bits per heavy atom. The van der Waals surface area contributed by atoms with Crippen LogP contribution < -0.4 is 5.32 Å². The van der Waals surface area contributed by atoms with Gasteiger partial charge in [-0.3, -0.25) is 0 Å². The van der Waals surface area contributed by atoms with Crippen LogP contribution >= 0.6 is 0 Å². The molecule has 2 saturated carbocycles. The second-order valence-corrected chi connectivity index (χ2v) is 6.16. The molecule has 0 saturated heterocycles. The number of methoxy groups -OCH3 is 1. The van der Waals surface area contributed by atoms with Gasteiger partial charge in [0.05, 0.1) is 18.8 Å². The van der Waals surface area contributed by atoms with Crippen molar-refractivity contribution in [1.82, 2.24) is 5.32 Å². The first-order valence-corrected chi connectivity index (χ1v) is 8.26. The van der Waals surface area contributed by atoms with Crippen molar-refractivity contribution in [3.8, 4) is 0 Å². The molecular formula is C16H31NO2. The molecule has 0 amide bonds. The lowest BCUT2D eigenvalue weighted by atomic mass is 9.95. The van der Waals surface area contributed by atoms with Gasteiger partial charge in [-0.25, -0.2) is 0 Å². The van der Waals surface area contributed by atoms with Gasteiger partial charge >= 0.3 is 0 Å².